The van der Waals surface area contributed by atoms with Crippen LogP contribution in [0.2, 0.25) is 0 Å². The van der Waals surface area contributed by atoms with Crippen molar-refractivity contribution in [2.45, 2.75) is 19.0 Å². The Labute approximate surface area is 167 Å². The quantitative estimate of drug-likeness (QED) is 0.489. The van der Waals surface area contributed by atoms with Crippen molar-refractivity contribution >= 4 is 38.6 Å². The molecule has 6 nitrogen and oxygen atoms in total. The summed E-state index contributed by atoms with van der Waals surface area (Å²) in [5.41, 5.74) is 1.00. The van der Waals surface area contributed by atoms with Crippen LogP contribution in [-0.4, -0.2) is 43.5 Å². The van der Waals surface area contributed by atoms with Crippen molar-refractivity contribution in [2.75, 3.05) is 13.1 Å². The summed E-state index contributed by atoms with van der Waals surface area (Å²) in [6.07, 6.45) is -2.39. The molecule has 1 aliphatic rings. The van der Waals surface area contributed by atoms with Crippen LogP contribution in [-0.2, 0) is 13.2 Å². The Kier molecular flexibility index (Phi) is 3.95. The number of nitrogens with zero attached hydrogens (tertiary/aromatic N) is 5. The van der Waals surface area contributed by atoms with E-state index in [0.717, 1.165) is 48.3 Å². The van der Waals surface area contributed by atoms with E-state index in [0.29, 0.717) is 21.7 Å². The lowest BCUT2D eigenvalue weighted by Gasteiger charge is -2.13. The number of carbonyl (C=O) groups is 1. The molecule has 5 rings (SSSR count). The molecule has 0 spiro atoms. The summed E-state index contributed by atoms with van der Waals surface area (Å²) >= 11 is 1.32. The Morgan fingerprint density at radius 2 is 1.79 bits per heavy atom. The minimum atomic E-state index is -4.40. The highest BCUT2D eigenvalue weighted by atomic mass is 32.1. The predicted octanol–water partition coefficient (Wildman–Crippen LogP) is 4.23. The van der Waals surface area contributed by atoms with Crippen molar-refractivity contribution in [1.29, 1.82) is 0 Å². The molecule has 1 aliphatic heterocycles. The third-order valence-electron chi connectivity index (χ3n) is 5.14. The molecule has 0 saturated carbocycles. The third kappa shape index (κ3) is 2.89. The zero-order chi connectivity index (χ0) is 20.3. The van der Waals surface area contributed by atoms with Gasteiger partial charge in [-0.25, -0.2) is 0 Å². The zero-order valence-electron chi connectivity index (χ0n) is 15.4. The number of hydrogen-bond donors (Lipinski definition) is 0. The lowest BCUT2D eigenvalue weighted by atomic mass is 10.2. The first kappa shape index (κ1) is 18.2. The number of amides is 1. The molecule has 4 heterocycles. The van der Waals surface area contributed by atoms with Crippen LogP contribution in [0.3, 0.4) is 0 Å². The van der Waals surface area contributed by atoms with Gasteiger partial charge in [-0.05, 0) is 43.2 Å². The molecule has 29 heavy (non-hydrogen) atoms. The summed E-state index contributed by atoms with van der Waals surface area (Å²) < 4.78 is 40.6. The molecule has 0 N–H and O–H groups in total. The van der Waals surface area contributed by atoms with E-state index in [9.17, 15) is 18.0 Å². The van der Waals surface area contributed by atoms with E-state index >= 15 is 0 Å². The van der Waals surface area contributed by atoms with Crippen LogP contribution >= 0.6 is 11.3 Å². The van der Waals surface area contributed by atoms with Gasteiger partial charge < -0.3 is 4.90 Å². The highest BCUT2D eigenvalue weighted by Gasteiger charge is 2.30. The van der Waals surface area contributed by atoms with Gasteiger partial charge in [-0.3, -0.25) is 9.36 Å². The van der Waals surface area contributed by atoms with Gasteiger partial charge in [-0.1, -0.05) is 0 Å². The van der Waals surface area contributed by atoms with Gasteiger partial charge in [0.25, 0.3) is 5.91 Å². The number of fused-ring (bicyclic) bond motifs is 3. The van der Waals surface area contributed by atoms with E-state index in [1.807, 2.05) is 11.0 Å². The molecule has 3 aromatic heterocycles. The first-order valence-corrected chi connectivity index (χ1v) is 9.97. The zero-order valence-corrected chi connectivity index (χ0v) is 16.2. The van der Waals surface area contributed by atoms with Gasteiger partial charge in [0, 0.05) is 31.2 Å². The summed E-state index contributed by atoms with van der Waals surface area (Å²) in [7, 11) is 1.69. The van der Waals surface area contributed by atoms with Crippen molar-refractivity contribution < 1.29 is 18.0 Å². The normalized spacial score (nSPS) is 15.1. The fraction of sp³-hybridized carbons (Fsp3) is 0.316. The van der Waals surface area contributed by atoms with Crippen LogP contribution in [0.4, 0.5) is 13.2 Å². The maximum atomic E-state index is 12.9. The number of aryl methyl sites for hydroxylation is 1. The van der Waals surface area contributed by atoms with Crippen LogP contribution in [0, 0.1) is 0 Å². The van der Waals surface area contributed by atoms with Crippen molar-refractivity contribution in [2.24, 2.45) is 7.05 Å². The Morgan fingerprint density at radius 1 is 1.10 bits per heavy atom. The number of hydrogen-bond acceptors (Lipinski definition) is 4. The molecular formula is C19H16F3N5OS. The maximum absolute atomic E-state index is 12.9. The molecule has 10 heteroatoms. The molecular weight excluding hydrogens is 403 g/mol. The fourth-order valence-corrected chi connectivity index (χ4v) is 4.91. The highest BCUT2D eigenvalue weighted by Crippen LogP contribution is 2.37. The molecule has 1 amide bonds. The number of halogens is 3. The molecule has 150 valence electrons. The van der Waals surface area contributed by atoms with Crippen molar-refractivity contribution in [3.8, 4) is 5.69 Å². The van der Waals surface area contributed by atoms with Gasteiger partial charge in [0.15, 0.2) is 5.65 Å². The van der Waals surface area contributed by atoms with E-state index in [2.05, 4.69) is 10.2 Å². The first-order chi connectivity index (χ1) is 13.8. The Balaban J connectivity index is 1.67. The molecule has 0 atom stereocenters. The van der Waals surface area contributed by atoms with Gasteiger partial charge in [0.05, 0.1) is 10.4 Å². The lowest BCUT2D eigenvalue weighted by Crippen LogP contribution is -2.26. The van der Waals surface area contributed by atoms with Gasteiger partial charge >= 0.3 is 6.18 Å². The van der Waals surface area contributed by atoms with E-state index in [1.165, 1.54) is 28.3 Å². The second-order valence-corrected chi connectivity index (χ2v) is 8.10. The number of thiophene rings is 1. The number of benzene rings is 1. The summed E-state index contributed by atoms with van der Waals surface area (Å²) in [5.74, 6) is -0.0142. The average molecular weight is 419 g/mol. The first-order valence-electron chi connectivity index (χ1n) is 9.15. The molecule has 0 radical (unpaired) electrons. The van der Waals surface area contributed by atoms with Gasteiger partial charge in [0.1, 0.15) is 10.3 Å². The van der Waals surface area contributed by atoms with E-state index in [-0.39, 0.29) is 5.91 Å². The minimum Gasteiger partial charge on any atom is -0.338 e. The number of carbonyl (C=O) groups excluding carboxylic acids is 1. The van der Waals surface area contributed by atoms with Crippen LogP contribution in [0.1, 0.15) is 28.1 Å². The summed E-state index contributed by atoms with van der Waals surface area (Å²) in [5, 5.41) is 9.56. The fourth-order valence-electron chi connectivity index (χ4n) is 3.76. The SMILES string of the molecule is Cn1nc2c3cc(C(=O)N4CCCC4)sc3n(-c3ccc(C(F)(F)F)cc3)c2n1. The van der Waals surface area contributed by atoms with E-state index in [1.54, 1.807) is 11.6 Å². The second kappa shape index (κ2) is 6.31. The lowest BCUT2D eigenvalue weighted by molar-refractivity contribution is -0.137. The van der Waals surface area contributed by atoms with E-state index in [4.69, 9.17) is 0 Å². The van der Waals surface area contributed by atoms with Crippen molar-refractivity contribution in [3.63, 3.8) is 0 Å². The van der Waals surface area contributed by atoms with Crippen molar-refractivity contribution in [3.05, 3.63) is 40.8 Å². The number of likely N-dealkylation sites (tertiary alicyclic amines) is 1. The van der Waals surface area contributed by atoms with Crippen LogP contribution in [0.15, 0.2) is 30.3 Å². The Bertz CT molecular complexity index is 1230. The van der Waals surface area contributed by atoms with Crippen LogP contribution in [0.25, 0.3) is 27.1 Å². The van der Waals surface area contributed by atoms with Crippen molar-refractivity contribution in [1.82, 2.24) is 24.5 Å². The third-order valence-corrected chi connectivity index (χ3v) is 6.24. The Morgan fingerprint density at radius 3 is 2.45 bits per heavy atom. The topological polar surface area (TPSA) is 56.0 Å². The molecule has 1 saturated heterocycles. The van der Waals surface area contributed by atoms with Gasteiger partial charge in [-0.2, -0.15) is 23.1 Å². The highest BCUT2D eigenvalue weighted by molar-refractivity contribution is 7.20. The smallest absolute Gasteiger partial charge is 0.338 e. The largest absolute Gasteiger partial charge is 0.416 e. The predicted molar refractivity (Wildman–Crippen MR) is 103 cm³/mol. The van der Waals surface area contributed by atoms with E-state index < -0.39 is 11.7 Å². The van der Waals surface area contributed by atoms with Crippen LogP contribution < -0.4 is 0 Å². The number of alkyl halides is 3. The average Bonchev–Trinajstić information content (AvgIpc) is 3.43. The monoisotopic (exact) mass is 419 g/mol. The van der Waals surface area contributed by atoms with Gasteiger partial charge in [-0.15, -0.1) is 16.4 Å². The minimum absolute atomic E-state index is 0.0142. The maximum Gasteiger partial charge on any atom is 0.416 e. The number of rotatable bonds is 2. The summed E-state index contributed by atoms with van der Waals surface area (Å²) in [6.45, 7) is 1.50. The summed E-state index contributed by atoms with van der Waals surface area (Å²) in [6, 6.07) is 6.74. The summed E-state index contributed by atoms with van der Waals surface area (Å²) in [4.78, 5) is 17.4. The number of aromatic nitrogens is 4. The molecule has 1 fully saturated rings. The molecule has 4 aromatic rings. The molecule has 0 unspecified atom stereocenters. The van der Waals surface area contributed by atoms with Gasteiger partial charge in [0.2, 0.25) is 0 Å². The second-order valence-electron chi connectivity index (χ2n) is 7.07. The standard InChI is InChI=1S/C19H16F3N5OS/c1-25-23-15-13-10-14(17(28)26-8-2-3-9-26)29-18(13)27(16(15)24-25)12-6-4-11(5-7-12)19(20,21)22/h4-7,10H,2-3,8-9H2,1H3. The van der Waals surface area contributed by atoms with Crippen LogP contribution in [0.5, 0.6) is 0 Å². The Hall–Kier alpha value is -2.88. The molecule has 0 aliphatic carbocycles. The molecule has 0 bridgehead atoms. The molecule has 1 aromatic carbocycles.